The Hall–Kier alpha value is -2.37. The molecule has 0 fully saturated rings. The Bertz CT molecular complexity index is 635. The van der Waals surface area contributed by atoms with Gasteiger partial charge in [-0.1, -0.05) is 13.8 Å². The number of hydrogen-bond acceptors (Lipinski definition) is 4. The predicted molar refractivity (Wildman–Crippen MR) is 77.3 cm³/mol. The van der Waals surface area contributed by atoms with Crippen LogP contribution in [0.25, 0.3) is 0 Å². The Kier molecular flexibility index (Phi) is 4.57. The molecule has 0 unspecified atom stereocenters. The van der Waals surface area contributed by atoms with E-state index in [1.165, 1.54) is 6.33 Å². The molecule has 2 aromatic rings. The first-order chi connectivity index (χ1) is 9.97. The number of carboxylic acids is 1. The molecule has 0 amide bonds. The van der Waals surface area contributed by atoms with E-state index in [9.17, 15) is 4.79 Å². The fourth-order valence-corrected chi connectivity index (χ4v) is 2.01. The van der Waals surface area contributed by atoms with Crippen LogP contribution in [-0.2, 0) is 13.2 Å². The molecular weight excluding hydrogens is 270 g/mol. The number of aromatic carboxylic acids is 1. The summed E-state index contributed by atoms with van der Waals surface area (Å²) in [6, 6.07) is 4.91. The van der Waals surface area contributed by atoms with Crippen molar-refractivity contribution < 1.29 is 14.6 Å². The van der Waals surface area contributed by atoms with Crippen molar-refractivity contribution in [3.63, 3.8) is 0 Å². The standard InChI is InChI=1S/C15H19N3O3/c1-10(2)7-18-14(16-9-17-18)8-21-12-4-5-13(15(19)20)11(3)6-12/h4-6,9-10H,7-8H2,1-3H3,(H,19,20). The highest BCUT2D eigenvalue weighted by molar-refractivity contribution is 5.89. The summed E-state index contributed by atoms with van der Waals surface area (Å²) in [6.45, 7) is 7.06. The third-order valence-corrected chi connectivity index (χ3v) is 3.03. The normalized spacial score (nSPS) is 10.9. The molecule has 0 atom stereocenters. The molecule has 1 aromatic heterocycles. The van der Waals surface area contributed by atoms with Crippen molar-refractivity contribution in [1.82, 2.24) is 14.8 Å². The SMILES string of the molecule is Cc1cc(OCc2ncnn2CC(C)C)ccc1C(=O)O. The zero-order chi connectivity index (χ0) is 15.4. The van der Waals surface area contributed by atoms with E-state index in [0.717, 1.165) is 12.4 Å². The first-order valence-corrected chi connectivity index (χ1v) is 6.80. The molecule has 2 rings (SSSR count). The molecule has 0 saturated heterocycles. The number of aromatic nitrogens is 3. The van der Waals surface area contributed by atoms with Crippen molar-refractivity contribution in [2.24, 2.45) is 5.92 Å². The van der Waals surface area contributed by atoms with Crippen LogP contribution in [0.15, 0.2) is 24.5 Å². The molecule has 0 aliphatic rings. The van der Waals surface area contributed by atoms with Crippen molar-refractivity contribution >= 4 is 5.97 Å². The number of benzene rings is 1. The van der Waals surface area contributed by atoms with Gasteiger partial charge in [0.2, 0.25) is 0 Å². The number of carbonyl (C=O) groups is 1. The zero-order valence-electron chi connectivity index (χ0n) is 12.4. The van der Waals surface area contributed by atoms with Gasteiger partial charge in [0.25, 0.3) is 0 Å². The second-order valence-corrected chi connectivity index (χ2v) is 5.32. The van der Waals surface area contributed by atoms with E-state index >= 15 is 0 Å². The van der Waals surface area contributed by atoms with Crippen molar-refractivity contribution in [2.75, 3.05) is 0 Å². The minimum absolute atomic E-state index is 0.283. The number of hydrogen-bond donors (Lipinski definition) is 1. The zero-order valence-corrected chi connectivity index (χ0v) is 12.4. The lowest BCUT2D eigenvalue weighted by Gasteiger charge is -2.10. The molecule has 1 heterocycles. The molecule has 0 aliphatic heterocycles. The van der Waals surface area contributed by atoms with Gasteiger partial charge in [-0.3, -0.25) is 0 Å². The molecule has 6 nitrogen and oxygen atoms in total. The summed E-state index contributed by atoms with van der Waals surface area (Å²) < 4.78 is 7.49. The molecule has 0 bridgehead atoms. The van der Waals surface area contributed by atoms with Crippen molar-refractivity contribution in [3.8, 4) is 5.75 Å². The monoisotopic (exact) mass is 289 g/mol. The Morgan fingerprint density at radius 3 is 2.81 bits per heavy atom. The summed E-state index contributed by atoms with van der Waals surface area (Å²) in [7, 11) is 0. The van der Waals surface area contributed by atoms with Crippen molar-refractivity contribution in [2.45, 2.75) is 33.9 Å². The highest BCUT2D eigenvalue weighted by Gasteiger charge is 2.10. The van der Waals surface area contributed by atoms with Gasteiger partial charge in [-0.25, -0.2) is 14.5 Å². The van der Waals surface area contributed by atoms with Gasteiger partial charge < -0.3 is 9.84 Å². The van der Waals surface area contributed by atoms with E-state index in [2.05, 4.69) is 23.9 Å². The molecular formula is C15H19N3O3. The topological polar surface area (TPSA) is 77.2 Å². The number of rotatable bonds is 6. The maximum atomic E-state index is 11.0. The fourth-order valence-electron chi connectivity index (χ4n) is 2.01. The average Bonchev–Trinajstić information content (AvgIpc) is 2.82. The van der Waals surface area contributed by atoms with Crippen LogP contribution in [0, 0.1) is 12.8 Å². The molecule has 0 saturated carbocycles. The minimum atomic E-state index is -0.935. The molecule has 0 spiro atoms. The smallest absolute Gasteiger partial charge is 0.335 e. The molecule has 6 heteroatoms. The quantitative estimate of drug-likeness (QED) is 0.884. The van der Waals surface area contributed by atoms with E-state index in [0.29, 0.717) is 23.8 Å². The third-order valence-electron chi connectivity index (χ3n) is 3.03. The number of carboxylic acid groups (broad SMARTS) is 1. The van der Waals surface area contributed by atoms with Gasteiger partial charge in [-0.2, -0.15) is 5.10 Å². The molecule has 0 radical (unpaired) electrons. The maximum Gasteiger partial charge on any atom is 0.335 e. The van der Waals surface area contributed by atoms with Crippen LogP contribution in [0.1, 0.15) is 35.6 Å². The van der Waals surface area contributed by atoms with E-state index in [1.54, 1.807) is 25.1 Å². The number of aryl methyl sites for hydroxylation is 1. The molecule has 1 N–H and O–H groups in total. The number of nitrogens with zero attached hydrogens (tertiary/aromatic N) is 3. The molecule has 1 aromatic carbocycles. The largest absolute Gasteiger partial charge is 0.486 e. The summed E-state index contributed by atoms with van der Waals surface area (Å²) in [6.07, 6.45) is 1.51. The van der Waals surface area contributed by atoms with Crippen LogP contribution < -0.4 is 4.74 Å². The first-order valence-electron chi connectivity index (χ1n) is 6.80. The summed E-state index contributed by atoms with van der Waals surface area (Å²) in [5, 5.41) is 13.2. The van der Waals surface area contributed by atoms with E-state index in [1.807, 2.05) is 4.68 Å². The van der Waals surface area contributed by atoms with Crippen LogP contribution in [0.3, 0.4) is 0 Å². The van der Waals surface area contributed by atoms with Crippen LogP contribution in [0.2, 0.25) is 0 Å². The van der Waals surface area contributed by atoms with E-state index in [-0.39, 0.29) is 5.56 Å². The van der Waals surface area contributed by atoms with Crippen LogP contribution in [0.4, 0.5) is 0 Å². The van der Waals surface area contributed by atoms with Gasteiger partial charge in [0.1, 0.15) is 18.7 Å². The van der Waals surface area contributed by atoms with Gasteiger partial charge in [-0.05, 0) is 36.6 Å². The van der Waals surface area contributed by atoms with Crippen LogP contribution in [0.5, 0.6) is 5.75 Å². The number of ether oxygens (including phenoxy) is 1. The van der Waals surface area contributed by atoms with Crippen LogP contribution in [-0.4, -0.2) is 25.8 Å². The second-order valence-electron chi connectivity index (χ2n) is 5.32. The summed E-state index contributed by atoms with van der Waals surface area (Å²) in [5.41, 5.74) is 0.953. The summed E-state index contributed by atoms with van der Waals surface area (Å²) in [4.78, 5) is 15.1. The molecule has 0 aliphatic carbocycles. The highest BCUT2D eigenvalue weighted by Crippen LogP contribution is 2.18. The van der Waals surface area contributed by atoms with Crippen molar-refractivity contribution in [1.29, 1.82) is 0 Å². The van der Waals surface area contributed by atoms with Gasteiger partial charge in [0.15, 0.2) is 5.82 Å². The van der Waals surface area contributed by atoms with E-state index in [4.69, 9.17) is 9.84 Å². The second kappa shape index (κ2) is 6.39. The maximum absolute atomic E-state index is 11.0. The van der Waals surface area contributed by atoms with E-state index < -0.39 is 5.97 Å². The Morgan fingerprint density at radius 1 is 1.43 bits per heavy atom. The fraction of sp³-hybridized carbons (Fsp3) is 0.400. The third kappa shape index (κ3) is 3.81. The molecule has 112 valence electrons. The minimum Gasteiger partial charge on any atom is -0.486 e. The average molecular weight is 289 g/mol. The Morgan fingerprint density at radius 2 is 2.19 bits per heavy atom. The summed E-state index contributed by atoms with van der Waals surface area (Å²) >= 11 is 0. The van der Waals surface area contributed by atoms with Gasteiger partial charge in [-0.15, -0.1) is 0 Å². The van der Waals surface area contributed by atoms with Crippen LogP contribution >= 0.6 is 0 Å². The van der Waals surface area contributed by atoms with Crippen molar-refractivity contribution in [3.05, 3.63) is 41.5 Å². The van der Waals surface area contributed by atoms with Gasteiger partial charge in [0, 0.05) is 6.54 Å². The summed E-state index contributed by atoms with van der Waals surface area (Å²) in [5.74, 6) is 0.915. The van der Waals surface area contributed by atoms with Gasteiger partial charge >= 0.3 is 5.97 Å². The molecule has 21 heavy (non-hydrogen) atoms. The first kappa shape index (κ1) is 15.0. The highest BCUT2D eigenvalue weighted by atomic mass is 16.5. The Labute approximate surface area is 123 Å². The van der Waals surface area contributed by atoms with Gasteiger partial charge in [0.05, 0.1) is 5.56 Å². The predicted octanol–water partition coefficient (Wildman–Crippen LogP) is 2.52. The lowest BCUT2D eigenvalue weighted by atomic mass is 10.1. The Balaban J connectivity index is 2.05. The lowest BCUT2D eigenvalue weighted by molar-refractivity contribution is 0.0696. The lowest BCUT2D eigenvalue weighted by Crippen LogP contribution is -2.12.